The standard InChI is InChI=1S/C19H21ClFN3O2.C8H14N2O2/c1-24-9-22-17(12-4-10-6-14(25)7-11(10)5-12)18(24)19(26)23-13-2-3-16(21)15(20)8-13;1-8(2,11)6-12-7-4-5-10(3)9-7/h2-3,8-12,14,25H,4-7H2,1H3,(H,23,26);4-5,11H,6H2,1-3H3. The van der Waals surface area contributed by atoms with Crippen LogP contribution in [0.15, 0.2) is 36.8 Å². The summed E-state index contributed by atoms with van der Waals surface area (Å²) in [6, 6.07) is 5.86. The number of benzene rings is 1. The number of hydrogen-bond acceptors (Lipinski definition) is 6. The fraction of sp³-hybridized carbons (Fsp3) is 0.519. The predicted molar refractivity (Wildman–Crippen MR) is 142 cm³/mol. The number of carbonyl (C=O) groups is 1. The maximum atomic E-state index is 13.3. The minimum Gasteiger partial charge on any atom is -0.474 e. The maximum absolute atomic E-state index is 13.3. The van der Waals surface area contributed by atoms with Gasteiger partial charge in [0.05, 0.1) is 28.7 Å². The van der Waals surface area contributed by atoms with Gasteiger partial charge >= 0.3 is 0 Å². The zero-order chi connectivity index (χ0) is 27.6. The number of carbonyl (C=O) groups excluding carboxylic acids is 1. The van der Waals surface area contributed by atoms with E-state index in [4.69, 9.17) is 16.3 Å². The quantitative estimate of drug-likeness (QED) is 0.424. The molecule has 2 atom stereocenters. The van der Waals surface area contributed by atoms with E-state index in [1.807, 2.05) is 7.05 Å². The Hall–Kier alpha value is -2.95. The molecule has 0 saturated heterocycles. The fourth-order valence-electron chi connectivity index (χ4n) is 5.32. The van der Waals surface area contributed by atoms with Crippen LogP contribution in [0.25, 0.3) is 0 Å². The molecule has 11 heteroatoms. The summed E-state index contributed by atoms with van der Waals surface area (Å²) in [6.07, 6.45) is 6.89. The average Bonchev–Trinajstić information content (AvgIpc) is 3.58. The number of aliphatic hydroxyl groups excluding tert-OH is 1. The molecule has 0 aliphatic heterocycles. The first-order chi connectivity index (χ1) is 17.9. The molecule has 0 bridgehead atoms. The van der Waals surface area contributed by atoms with Crippen LogP contribution in [0.4, 0.5) is 10.1 Å². The Labute approximate surface area is 226 Å². The van der Waals surface area contributed by atoms with Gasteiger partial charge in [-0.25, -0.2) is 9.37 Å². The van der Waals surface area contributed by atoms with Crippen LogP contribution < -0.4 is 10.1 Å². The van der Waals surface area contributed by atoms with Crippen LogP contribution >= 0.6 is 11.6 Å². The lowest BCUT2D eigenvalue weighted by molar-refractivity contribution is 0.0266. The zero-order valence-corrected chi connectivity index (χ0v) is 22.8. The van der Waals surface area contributed by atoms with E-state index in [0.29, 0.717) is 29.1 Å². The number of hydrogen-bond donors (Lipinski definition) is 3. The third kappa shape index (κ3) is 6.92. The highest BCUT2D eigenvalue weighted by atomic mass is 35.5. The third-order valence-electron chi connectivity index (χ3n) is 7.00. The van der Waals surface area contributed by atoms with E-state index >= 15 is 0 Å². The van der Waals surface area contributed by atoms with Gasteiger partial charge in [-0.15, -0.1) is 5.10 Å². The van der Waals surface area contributed by atoms with Gasteiger partial charge in [0.1, 0.15) is 18.1 Å². The van der Waals surface area contributed by atoms with Crippen LogP contribution in [-0.2, 0) is 14.1 Å². The second-order valence-electron chi connectivity index (χ2n) is 10.9. The second kappa shape index (κ2) is 11.4. The molecule has 9 nitrogen and oxygen atoms in total. The van der Waals surface area contributed by atoms with Gasteiger partial charge < -0.3 is 24.8 Å². The molecular weight excluding hydrogens is 513 g/mol. The molecule has 2 heterocycles. The van der Waals surface area contributed by atoms with Crippen LogP contribution in [0, 0.1) is 17.7 Å². The summed E-state index contributed by atoms with van der Waals surface area (Å²) in [5, 5.41) is 25.9. The Morgan fingerprint density at radius 2 is 1.89 bits per heavy atom. The Bertz CT molecular complexity index is 1260. The number of nitrogens with zero attached hydrogens (tertiary/aromatic N) is 4. The zero-order valence-electron chi connectivity index (χ0n) is 22.1. The topological polar surface area (TPSA) is 114 Å². The van der Waals surface area contributed by atoms with Gasteiger partial charge in [0.15, 0.2) is 0 Å². The van der Waals surface area contributed by atoms with E-state index in [9.17, 15) is 19.4 Å². The number of rotatable bonds is 6. The molecule has 38 heavy (non-hydrogen) atoms. The van der Waals surface area contributed by atoms with Crippen molar-refractivity contribution in [2.75, 3.05) is 11.9 Å². The SMILES string of the molecule is Cn1ccc(OCC(C)(C)O)n1.Cn1cnc(C2CC3CC(O)CC3C2)c1C(=O)Nc1ccc(F)c(Cl)c1. The summed E-state index contributed by atoms with van der Waals surface area (Å²) in [7, 11) is 3.61. The molecule has 0 spiro atoms. The van der Waals surface area contributed by atoms with Crippen molar-refractivity contribution in [3.63, 3.8) is 0 Å². The fourth-order valence-corrected chi connectivity index (χ4v) is 5.50. The highest BCUT2D eigenvalue weighted by molar-refractivity contribution is 6.31. The van der Waals surface area contributed by atoms with Crippen molar-refractivity contribution >= 4 is 23.2 Å². The van der Waals surface area contributed by atoms with E-state index in [1.165, 1.54) is 18.2 Å². The molecule has 3 aromatic rings. The third-order valence-corrected chi connectivity index (χ3v) is 7.29. The number of aliphatic hydroxyl groups is 2. The van der Waals surface area contributed by atoms with Gasteiger partial charge in [0.2, 0.25) is 5.88 Å². The minimum atomic E-state index is -0.808. The molecular formula is C27H35ClFN5O4. The lowest BCUT2D eigenvalue weighted by atomic mass is 9.97. The average molecular weight is 548 g/mol. The van der Waals surface area contributed by atoms with Crippen molar-refractivity contribution in [2.45, 2.75) is 57.2 Å². The Morgan fingerprint density at radius 1 is 1.21 bits per heavy atom. The number of anilines is 1. The van der Waals surface area contributed by atoms with Crippen LogP contribution in [0.1, 0.15) is 61.6 Å². The normalized spacial score (nSPS) is 22.5. The lowest BCUT2D eigenvalue weighted by Crippen LogP contribution is -2.27. The number of imidazole rings is 1. The van der Waals surface area contributed by atoms with E-state index < -0.39 is 11.4 Å². The highest BCUT2D eigenvalue weighted by Crippen LogP contribution is 2.50. The van der Waals surface area contributed by atoms with Crippen molar-refractivity contribution < 1.29 is 24.1 Å². The Morgan fingerprint density at radius 3 is 2.47 bits per heavy atom. The van der Waals surface area contributed by atoms with Crippen molar-refractivity contribution in [1.82, 2.24) is 19.3 Å². The Kier molecular flexibility index (Phi) is 8.44. The van der Waals surface area contributed by atoms with Gasteiger partial charge in [-0.05, 0) is 69.6 Å². The molecule has 2 saturated carbocycles. The number of ether oxygens (including phenoxy) is 1. The summed E-state index contributed by atoms with van der Waals surface area (Å²) in [6.45, 7) is 3.63. The predicted octanol–water partition coefficient (Wildman–Crippen LogP) is 4.30. The van der Waals surface area contributed by atoms with Gasteiger partial charge in [0, 0.05) is 38.0 Å². The monoisotopic (exact) mass is 547 g/mol. The summed E-state index contributed by atoms with van der Waals surface area (Å²) in [5.41, 5.74) is 0.968. The van der Waals surface area contributed by atoms with Crippen LogP contribution in [0.2, 0.25) is 5.02 Å². The molecule has 1 aromatic carbocycles. The van der Waals surface area contributed by atoms with Crippen molar-refractivity contribution in [1.29, 1.82) is 0 Å². The molecule has 5 rings (SSSR count). The number of amides is 1. The number of aromatic nitrogens is 4. The van der Waals surface area contributed by atoms with E-state index in [-0.39, 0.29) is 29.6 Å². The molecule has 0 radical (unpaired) electrons. The summed E-state index contributed by atoms with van der Waals surface area (Å²) in [5.74, 6) is 1.01. The molecule has 2 aliphatic carbocycles. The second-order valence-corrected chi connectivity index (χ2v) is 11.3. The summed E-state index contributed by atoms with van der Waals surface area (Å²) < 4.78 is 21.9. The van der Waals surface area contributed by atoms with E-state index in [0.717, 1.165) is 31.4 Å². The van der Waals surface area contributed by atoms with Crippen molar-refractivity contribution in [2.24, 2.45) is 25.9 Å². The first kappa shape index (κ1) is 28.1. The highest BCUT2D eigenvalue weighted by Gasteiger charge is 2.43. The summed E-state index contributed by atoms with van der Waals surface area (Å²) in [4.78, 5) is 17.3. The Balaban J connectivity index is 0.000000236. The molecule has 3 N–H and O–H groups in total. The van der Waals surface area contributed by atoms with E-state index in [1.54, 1.807) is 48.7 Å². The number of nitrogens with one attached hydrogen (secondary N) is 1. The van der Waals surface area contributed by atoms with Gasteiger partial charge in [-0.2, -0.15) is 0 Å². The largest absolute Gasteiger partial charge is 0.474 e. The van der Waals surface area contributed by atoms with Crippen molar-refractivity contribution in [3.8, 4) is 5.88 Å². The molecule has 2 aromatic heterocycles. The number of aryl methyl sites for hydroxylation is 2. The van der Waals surface area contributed by atoms with E-state index in [2.05, 4.69) is 15.4 Å². The van der Waals surface area contributed by atoms with Crippen LogP contribution in [-0.4, -0.2) is 53.8 Å². The minimum absolute atomic E-state index is 0.0322. The van der Waals surface area contributed by atoms with Gasteiger partial charge in [0.25, 0.3) is 5.91 Å². The molecule has 2 aliphatic rings. The molecule has 2 unspecified atom stereocenters. The summed E-state index contributed by atoms with van der Waals surface area (Å²) >= 11 is 5.79. The van der Waals surface area contributed by atoms with Gasteiger partial charge in [-0.3, -0.25) is 9.48 Å². The van der Waals surface area contributed by atoms with Crippen LogP contribution in [0.5, 0.6) is 5.88 Å². The lowest BCUT2D eigenvalue weighted by Gasteiger charge is -2.16. The number of halogens is 2. The van der Waals surface area contributed by atoms with Crippen LogP contribution in [0.3, 0.4) is 0 Å². The first-order valence-corrected chi connectivity index (χ1v) is 13.1. The first-order valence-electron chi connectivity index (χ1n) is 12.7. The smallest absolute Gasteiger partial charge is 0.274 e. The van der Waals surface area contributed by atoms with Crippen molar-refractivity contribution in [3.05, 3.63) is 59.0 Å². The van der Waals surface area contributed by atoms with Gasteiger partial charge in [-0.1, -0.05) is 11.6 Å². The molecule has 1 amide bonds. The maximum Gasteiger partial charge on any atom is 0.274 e. The molecule has 206 valence electrons. The molecule has 2 fully saturated rings. The number of fused-ring (bicyclic) bond motifs is 1.